The van der Waals surface area contributed by atoms with Crippen LogP contribution in [0, 0.1) is 23.7 Å². The summed E-state index contributed by atoms with van der Waals surface area (Å²) < 4.78 is 0. The summed E-state index contributed by atoms with van der Waals surface area (Å²) >= 11 is 0. The fourth-order valence-corrected chi connectivity index (χ4v) is 6.76. The number of primary amides is 1. The molecule has 0 aliphatic heterocycles. The van der Waals surface area contributed by atoms with E-state index in [0.29, 0.717) is 11.3 Å². The molecule has 3 saturated carbocycles. The summed E-state index contributed by atoms with van der Waals surface area (Å²) in [4.78, 5) is 64.5. The van der Waals surface area contributed by atoms with Crippen LogP contribution in [0.15, 0.2) is 12.1 Å². The van der Waals surface area contributed by atoms with Gasteiger partial charge in [0.1, 0.15) is 5.75 Å². The third kappa shape index (κ3) is 3.12. The number of carbonyl (C=O) groups excluding carboxylic acids is 5. The molecule has 0 radical (unpaired) electrons. The molecule has 4 aliphatic rings. The number of phenolic OH excluding ortho intramolecular Hbond substituents is 1. The second kappa shape index (κ2) is 7.96. The van der Waals surface area contributed by atoms with Gasteiger partial charge < -0.3 is 26.4 Å². The third-order valence-corrected chi connectivity index (χ3v) is 8.57. The molecule has 7 atom stereocenters. The molecule has 1 aromatic rings. The number of hydrogen-bond acceptors (Lipinski definition) is 9. The summed E-state index contributed by atoms with van der Waals surface area (Å²) in [5.41, 5.74) is 2.98. The average molecular weight is 485 g/mol. The second-order valence-electron chi connectivity index (χ2n) is 10.4. The Balaban J connectivity index is 1.59. The Hall–Kier alpha value is -3.11. The number of anilines is 1. The van der Waals surface area contributed by atoms with Crippen molar-refractivity contribution in [2.75, 3.05) is 5.32 Å². The van der Waals surface area contributed by atoms with Crippen LogP contribution in [0.5, 0.6) is 5.75 Å². The van der Waals surface area contributed by atoms with Gasteiger partial charge in [-0.2, -0.15) is 0 Å². The number of phenols is 1. The molecule has 4 aliphatic carbocycles. The molecule has 1 aromatic carbocycles. The van der Waals surface area contributed by atoms with Crippen LogP contribution in [0.3, 0.4) is 0 Å². The first-order valence-electron chi connectivity index (χ1n) is 12.0. The van der Waals surface area contributed by atoms with E-state index in [1.165, 1.54) is 0 Å². The number of aromatic hydroxyl groups is 1. The van der Waals surface area contributed by atoms with Gasteiger partial charge in [0.05, 0.1) is 23.3 Å². The number of nitrogens with two attached hydrogens (primary N) is 1. The van der Waals surface area contributed by atoms with E-state index in [1.807, 2.05) is 0 Å². The Kier molecular flexibility index (Phi) is 5.37. The van der Waals surface area contributed by atoms with E-state index in [9.17, 15) is 39.3 Å². The van der Waals surface area contributed by atoms with Gasteiger partial charge in [-0.05, 0) is 30.4 Å². The Morgan fingerprint density at radius 1 is 1.11 bits per heavy atom. The number of ketones is 4. The minimum atomic E-state index is -2.91. The average Bonchev–Trinajstić information content (AvgIpc) is 3.31. The van der Waals surface area contributed by atoms with Crippen molar-refractivity contribution in [2.24, 2.45) is 29.4 Å². The van der Waals surface area contributed by atoms with Gasteiger partial charge >= 0.3 is 0 Å². The topological polar surface area (TPSA) is 184 Å². The van der Waals surface area contributed by atoms with Crippen molar-refractivity contribution in [2.45, 2.75) is 62.7 Å². The number of benzene rings is 1. The number of amides is 1. The number of aliphatic hydroxyl groups excluding tert-OH is 1. The number of nitrogens with one attached hydrogen (secondary N) is 1. The fourth-order valence-electron chi connectivity index (χ4n) is 6.76. The van der Waals surface area contributed by atoms with Crippen LogP contribution < -0.4 is 11.1 Å². The van der Waals surface area contributed by atoms with Crippen molar-refractivity contribution in [1.29, 1.82) is 0 Å². The minimum absolute atomic E-state index is 0.0878. The molecule has 0 saturated heterocycles. The SMILES string of the molecule is C[C@H]1c2ccc(NC3CCCC3)c(O)c2C(=O)C2C(=O)[C@]3(O)C(=O)C(C(N)=O)C(=O)C[C@@H]3[C@@H](O)[C@@H]21. The molecule has 0 aromatic heterocycles. The summed E-state index contributed by atoms with van der Waals surface area (Å²) in [5.74, 6) is -12.7. The van der Waals surface area contributed by atoms with Crippen molar-refractivity contribution >= 4 is 34.7 Å². The zero-order chi connectivity index (χ0) is 25.4. The second-order valence-corrected chi connectivity index (χ2v) is 10.4. The standard InChI is InChI=1S/C25H28N2O8/c1-9-11-6-7-13(27-10-4-2-3-5-10)20(30)16(11)21(31)18-15(9)19(29)12-8-14(28)17(24(26)34)22(32)25(12,35)23(18)33/h6-7,9-10,12,15,17-19,27,29-30,35H,2-5,8H2,1H3,(H2,26,34)/t9-,12+,15+,17?,18?,19+,25+/m0/s1. The predicted octanol–water partition coefficient (Wildman–Crippen LogP) is 0.213. The van der Waals surface area contributed by atoms with Crippen molar-refractivity contribution < 1.29 is 39.3 Å². The fraction of sp³-hybridized carbons (Fsp3) is 0.560. The lowest BCUT2D eigenvalue weighted by molar-refractivity contribution is -0.189. The summed E-state index contributed by atoms with van der Waals surface area (Å²) in [6.45, 7) is 1.69. The highest BCUT2D eigenvalue weighted by molar-refractivity contribution is 6.31. The van der Waals surface area contributed by atoms with Crippen molar-refractivity contribution in [3.8, 4) is 5.75 Å². The monoisotopic (exact) mass is 484 g/mol. The molecule has 0 heterocycles. The van der Waals surface area contributed by atoms with E-state index < -0.39 is 76.8 Å². The largest absolute Gasteiger partial charge is 0.505 e. The molecule has 10 nitrogen and oxygen atoms in total. The quantitative estimate of drug-likeness (QED) is 0.296. The molecule has 2 unspecified atom stereocenters. The normalized spacial score (nSPS) is 37.0. The predicted molar refractivity (Wildman–Crippen MR) is 120 cm³/mol. The first kappa shape index (κ1) is 23.6. The van der Waals surface area contributed by atoms with E-state index in [1.54, 1.807) is 19.1 Å². The van der Waals surface area contributed by atoms with Crippen LogP contribution in [0.2, 0.25) is 0 Å². The van der Waals surface area contributed by atoms with E-state index in [0.717, 1.165) is 25.7 Å². The lowest BCUT2D eigenvalue weighted by Crippen LogP contribution is -2.72. The Labute approximate surface area is 200 Å². The first-order chi connectivity index (χ1) is 16.5. The molecule has 5 rings (SSSR count). The van der Waals surface area contributed by atoms with Gasteiger partial charge in [-0.25, -0.2) is 0 Å². The van der Waals surface area contributed by atoms with E-state index in [2.05, 4.69) is 5.32 Å². The van der Waals surface area contributed by atoms with Crippen LogP contribution in [0.4, 0.5) is 5.69 Å². The summed E-state index contributed by atoms with van der Waals surface area (Å²) in [7, 11) is 0. The minimum Gasteiger partial charge on any atom is -0.505 e. The molecule has 0 bridgehead atoms. The highest BCUT2D eigenvalue weighted by atomic mass is 16.3. The number of carbonyl (C=O) groups is 5. The van der Waals surface area contributed by atoms with Gasteiger partial charge in [-0.15, -0.1) is 0 Å². The molecule has 10 heteroatoms. The number of rotatable bonds is 3. The maximum absolute atomic E-state index is 13.7. The van der Waals surface area contributed by atoms with E-state index in [-0.39, 0.29) is 17.4 Å². The molecule has 35 heavy (non-hydrogen) atoms. The van der Waals surface area contributed by atoms with Crippen molar-refractivity contribution in [1.82, 2.24) is 0 Å². The lowest BCUT2D eigenvalue weighted by atomic mass is 9.50. The third-order valence-electron chi connectivity index (χ3n) is 8.57. The molecule has 186 valence electrons. The molecule has 0 spiro atoms. The highest BCUT2D eigenvalue weighted by Crippen LogP contribution is 2.54. The Morgan fingerprint density at radius 2 is 1.77 bits per heavy atom. The highest BCUT2D eigenvalue weighted by Gasteiger charge is 2.69. The van der Waals surface area contributed by atoms with E-state index >= 15 is 0 Å². The maximum Gasteiger partial charge on any atom is 0.235 e. The lowest BCUT2D eigenvalue weighted by Gasteiger charge is -2.52. The molecular formula is C25H28N2O8. The molecule has 6 N–H and O–H groups in total. The first-order valence-corrected chi connectivity index (χ1v) is 12.0. The Bertz CT molecular complexity index is 1170. The van der Waals surface area contributed by atoms with Gasteiger partial charge in [-0.1, -0.05) is 25.8 Å². The summed E-state index contributed by atoms with van der Waals surface area (Å²) in [6.07, 6.45) is 1.79. The van der Waals surface area contributed by atoms with Gasteiger partial charge in [0.25, 0.3) is 0 Å². The zero-order valence-electron chi connectivity index (χ0n) is 19.2. The van der Waals surface area contributed by atoms with Crippen LogP contribution in [0.25, 0.3) is 0 Å². The summed E-state index contributed by atoms with van der Waals surface area (Å²) in [5, 5.41) is 36.8. The molecule has 1 amide bonds. The van der Waals surface area contributed by atoms with Gasteiger partial charge in [0.15, 0.2) is 34.7 Å². The number of Topliss-reactive ketones (excluding diaryl/α,β-unsaturated/α-hetero) is 4. The van der Waals surface area contributed by atoms with Crippen LogP contribution >= 0.6 is 0 Å². The number of fused-ring (bicyclic) bond motifs is 3. The van der Waals surface area contributed by atoms with Crippen LogP contribution in [0.1, 0.15) is 60.9 Å². The molecule has 3 fully saturated rings. The van der Waals surface area contributed by atoms with Gasteiger partial charge in [0.2, 0.25) is 5.91 Å². The smallest absolute Gasteiger partial charge is 0.235 e. The van der Waals surface area contributed by atoms with Crippen LogP contribution in [-0.2, 0) is 19.2 Å². The zero-order valence-corrected chi connectivity index (χ0v) is 19.2. The van der Waals surface area contributed by atoms with E-state index in [4.69, 9.17) is 5.73 Å². The molecular weight excluding hydrogens is 456 g/mol. The Morgan fingerprint density at radius 3 is 2.40 bits per heavy atom. The van der Waals surface area contributed by atoms with Crippen LogP contribution in [-0.4, -0.2) is 62.1 Å². The summed E-state index contributed by atoms with van der Waals surface area (Å²) in [6, 6.07) is 3.48. The number of hydrogen-bond donors (Lipinski definition) is 5. The van der Waals surface area contributed by atoms with Gasteiger partial charge in [0, 0.05) is 24.3 Å². The van der Waals surface area contributed by atoms with Gasteiger partial charge in [-0.3, -0.25) is 24.0 Å². The van der Waals surface area contributed by atoms with Crippen molar-refractivity contribution in [3.05, 3.63) is 23.3 Å². The number of aliphatic hydroxyl groups is 2. The maximum atomic E-state index is 13.7. The van der Waals surface area contributed by atoms with Crippen molar-refractivity contribution in [3.63, 3.8) is 0 Å².